The van der Waals surface area contributed by atoms with E-state index in [0.717, 1.165) is 36.3 Å². The number of pyridine rings is 1. The van der Waals surface area contributed by atoms with Gasteiger partial charge in [-0.1, -0.05) is 18.2 Å². The molecule has 0 amide bonds. The monoisotopic (exact) mass is 324 g/mol. The largest absolute Gasteiger partial charge is 0.335 e. The van der Waals surface area contributed by atoms with Crippen molar-refractivity contribution in [1.29, 1.82) is 0 Å². The molecule has 1 aliphatic heterocycles. The number of nitrogens with one attached hydrogen (secondary N) is 2. The molecular weight excluding hydrogens is 308 g/mol. The molecule has 0 unspecified atom stereocenters. The molecule has 1 aromatic carbocycles. The first kappa shape index (κ1) is 14.3. The number of hydrogen-bond acceptors (Lipinski definition) is 4. The van der Waals surface area contributed by atoms with Gasteiger partial charge >= 0.3 is 0 Å². The van der Waals surface area contributed by atoms with Crippen molar-refractivity contribution in [3.63, 3.8) is 0 Å². The molecule has 0 spiro atoms. The lowest BCUT2D eigenvalue weighted by Crippen LogP contribution is -2.35. The molecule has 2 aromatic heterocycles. The van der Waals surface area contributed by atoms with E-state index >= 15 is 0 Å². The van der Waals surface area contributed by atoms with Crippen molar-refractivity contribution in [2.75, 3.05) is 6.54 Å². The summed E-state index contributed by atoms with van der Waals surface area (Å²) in [7, 11) is 0. The van der Waals surface area contributed by atoms with Crippen LogP contribution in [0.5, 0.6) is 0 Å². The summed E-state index contributed by atoms with van der Waals surface area (Å²) in [5.74, 6) is 0. The van der Waals surface area contributed by atoms with Crippen LogP contribution in [0, 0.1) is 4.77 Å². The second-order valence-electron chi connectivity index (χ2n) is 5.81. The molecule has 3 heterocycles. The van der Waals surface area contributed by atoms with E-state index in [4.69, 9.17) is 12.2 Å². The highest BCUT2D eigenvalue weighted by Crippen LogP contribution is 2.21. The maximum Gasteiger partial charge on any atom is 0.256 e. The Morgan fingerprint density at radius 1 is 1.22 bits per heavy atom. The van der Waals surface area contributed by atoms with Crippen molar-refractivity contribution in [2.45, 2.75) is 19.5 Å². The number of fused-ring (bicyclic) bond motifs is 2. The lowest BCUT2D eigenvalue weighted by atomic mass is 10.0. The first-order valence-corrected chi connectivity index (χ1v) is 8.01. The molecule has 1 aliphatic rings. The summed E-state index contributed by atoms with van der Waals surface area (Å²) in [4.78, 5) is 24.6. The van der Waals surface area contributed by atoms with E-state index in [1.807, 2.05) is 24.4 Å². The number of para-hydroxylation sites is 1. The molecule has 0 radical (unpaired) electrons. The molecule has 116 valence electrons. The zero-order chi connectivity index (χ0) is 15.8. The van der Waals surface area contributed by atoms with Gasteiger partial charge in [0.15, 0.2) is 4.77 Å². The Morgan fingerprint density at radius 3 is 3.00 bits per heavy atom. The van der Waals surface area contributed by atoms with Crippen LogP contribution in [-0.4, -0.2) is 26.4 Å². The first-order chi connectivity index (χ1) is 11.2. The third-order valence-corrected chi connectivity index (χ3v) is 4.53. The van der Waals surface area contributed by atoms with Crippen LogP contribution < -0.4 is 5.56 Å². The number of nitrogens with zero attached hydrogens (tertiary/aromatic N) is 2. The molecule has 0 atom stereocenters. The predicted octanol–water partition coefficient (Wildman–Crippen LogP) is 2.54. The fourth-order valence-corrected chi connectivity index (χ4v) is 3.40. The summed E-state index contributed by atoms with van der Waals surface area (Å²) in [6.45, 7) is 2.34. The van der Waals surface area contributed by atoms with Crippen LogP contribution in [0.3, 0.4) is 0 Å². The Balaban J connectivity index is 1.65. The van der Waals surface area contributed by atoms with E-state index in [1.165, 1.54) is 10.9 Å². The number of H-pyrrole nitrogens is 2. The van der Waals surface area contributed by atoms with E-state index in [-0.39, 0.29) is 5.56 Å². The molecule has 0 saturated heterocycles. The second kappa shape index (κ2) is 5.72. The summed E-state index contributed by atoms with van der Waals surface area (Å²) in [6, 6.07) is 10.2. The van der Waals surface area contributed by atoms with Crippen molar-refractivity contribution in [3.8, 4) is 0 Å². The van der Waals surface area contributed by atoms with Gasteiger partial charge in [0.05, 0.1) is 11.1 Å². The van der Waals surface area contributed by atoms with Gasteiger partial charge in [-0.25, -0.2) is 0 Å². The van der Waals surface area contributed by atoms with Crippen LogP contribution in [0.25, 0.3) is 10.9 Å². The SMILES string of the molecule is O=c1[nH]c(=S)[nH]c2c1CN(Cc1ccnc3ccccc13)CC2. The van der Waals surface area contributed by atoms with Gasteiger partial charge in [0.2, 0.25) is 0 Å². The average Bonchev–Trinajstić information content (AvgIpc) is 2.56. The van der Waals surface area contributed by atoms with Gasteiger partial charge in [0, 0.05) is 43.3 Å². The van der Waals surface area contributed by atoms with Gasteiger partial charge in [-0.2, -0.15) is 0 Å². The average molecular weight is 324 g/mol. The minimum atomic E-state index is -0.0759. The molecule has 23 heavy (non-hydrogen) atoms. The van der Waals surface area contributed by atoms with Crippen molar-refractivity contribution < 1.29 is 0 Å². The Morgan fingerprint density at radius 2 is 2.09 bits per heavy atom. The molecule has 3 aromatic rings. The normalized spacial score (nSPS) is 14.8. The summed E-state index contributed by atoms with van der Waals surface area (Å²) in [6.07, 6.45) is 2.66. The molecule has 0 fully saturated rings. The lowest BCUT2D eigenvalue weighted by molar-refractivity contribution is 0.242. The van der Waals surface area contributed by atoms with Gasteiger partial charge in [0.25, 0.3) is 5.56 Å². The molecule has 4 rings (SSSR count). The molecule has 6 heteroatoms. The van der Waals surface area contributed by atoms with E-state index in [1.54, 1.807) is 0 Å². The standard InChI is InChI=1S/C17H16N4OS/c22-16-13-10-21(8-6-15(13)19-17(23)20-16)9-11-5-7-18-14-4-2-1-3-12(11)14/h1-5,7H,6,8-10H2,(H2,19,20,22,23). The third-order valence-electron chi connectivity index (χ3n) is 4.32. The summed E-state index contributed by atoms with van der Waals surface area (Å²) in [5, 5.41) is 1.17. The second-order valence-corrected chi connectivity index (χ2v) is 6.22. The van der Waals surface area contributed by atoms with Gasteiger partial charge < -0.3 is 4.98 Å². The summed E-state index contributed by atoms with van der Waals surface area (Å²) in [5.41, 5.74) is 3.93. The quantitative estimate of drug-likeness (QED) is 0.711. The maximum atomic E-state index is 12.1. The highest BCUT2D eigenvalue weighted by molar-refractivity contribution is 7.71. The molecule has 5 nitrogen and oxygen atoms in total. The first-order valence-electron chi connectivity index (χ1n) is 7.60. The molecule has 0 bridgehead atoms. The van der Waals surface area contributed by atoms with Crippen molar-refractivity contribution >= 4 is 23.1 Å². The van der Waals surface area contributed by atoms with Crippen LogP contribution in [0.2, 0.25) is 0 Å². The van der Waals surface area contributed by atoms with Crippen LogP contribution in [0.15, 0.2) is 41.3 Å². The Kier molecular flexibility index (Phi) is 3.55. The van der Waals surface area contributed by atoms with Crippen LogP contribution in [0.1, 0.15) is 16.8 Å². The van der Waals surface area contributed by atoms with Crippen molar-refractivity contribution in [2.24, 2.45) is 0 Å². The molecule has 2 N–H and O–H groups in total. The predicted molar refractivity (Wildman–Crippen MR) is 91.8 cm³/mol. The Bertz CT molecular complexity index is 986. The van der Waals surface area contributed by atoms with Gasteiger partial charge in [-0.05, 0) is 29.9 Å². The highest BCUT2D eigenvalue weighted by Gasteiger charge is 2.20. The summed E-state index contributed by atoms with van der Waals surface area (Å²) < 4.78 is 0.405. The van der Waals surface area contributed by atoms with Crippen molar-refractivity contribution in [3.05, 3.63) is 68.5 Å². The fourth-order valence-electron chi connectivity index (χ4n) is 3.18. The smallest absolute Gasteiger partial charge is 0.256 e. The minimum Gasteiger partial charge on any atom is -0.335 e. The minimum absolute atomic E-state index is 0.0759. The van der Waals surface area contributed by atoms with Gasteiger partial charge in [-0.15, -0.1) is 0 Å². The Labute approximate surface area is 138 Å². The van der Waals surface area contributed by atoms with Gasteiger partial charge in [0.1, 0.15) is 0 Å². The number of benzene rings is 1. The summed E-state index contributed by atoms with van der Waals surface area (Å²) >= 11 is 5.04. The molecular formula is C17H16N4OS. The van der Waals surface area contributed by atoms with E-state index in [2.05, 4.69) is 32.0 Å². The van der Waals surface area contributed by atoms with Crippen LogP contribution in [0.4, 0.5) is 0 Å². The fraction of sp³-hybridized carbons (Fsp3) is 0.235. The van der Waals surface area contributed by atoms with Crippen LogP contribution >= 0.6 is 12.2 Å². The number of rotatable bonds is 2. The lowest BCUT2D eigenvalue weighted by Gasteiger charge is -2.28. The molecule has 0 saturated carbocycles. The number of aromatic amines is 2. The highest BCUT2D eigenvalue weighted by atomic mass is 32.1. The van der Waals surface area contributed by atoms with Crippen molar-refractivity contribution in [1.82, 2.24) is 19.9 Å². The van der Waals surface area contributed by atoms with Gasteiger partial charge in [-0.3, -0.25) is 19.7 Å². The number of hydrogen-bond donors (Lipinski definition) is 2. The van der Waals surface area contributed by atoms with Crippen LogP contribution in [-0.2, 0) is 19.5 Å². The maximum absolute atomic E-state index is 12.1. The van der Waals surface area contributed by atoms with E-state index in [9.17, 15) is 4.79 Å². The zero-order valence-corrected chi connectivity index (χ0v) is 13.3. The number of aromatic nitrogens is 3. The zero-order valence-electron chi connectivity index (χ0n) is 12.5. The van der Waals surface area contributed by atoms with E-state index in [0.29, 0.717) is 11.3 Å². The third kappa shape index (κ3) is 2.71. The van der Waals surface area contributed by atoms with E-state index < -0.39 is 0 Å². The molecule has 0 aliphatic carbocycles. The Hall–Kier alpha value is -2.31. The topological polar surface area (TPSA) is 64.8 Å².